The summed E-state index contributed by atoms with van der Waals surface area (Å²) in [6.07, 6.45) is 3.57. The van der Waals surface area contributed by atoms with Crippen molar-refractivity contribution in [1.29, 1.82) is 0 Å². The summed E-state index contributed by atoms with van der Waals surface area (Å²) in [6.45, 7) is 0. The third kappa shape index (κ3) is 1.91. The van der Waals surface area contributed by atoms with Crippen molar-refractivity contribution >= 4 is 16.7 Å². The number of Topliss-reactive ketones (excluding diaryl/α,β-unsaturated/α-hetero) is 1. The van der Waals surface area contributed by atoms with Gasteiger partial charge in [-0.2, -0.15) is 0 Å². The minimum absolute atomic E-state index is 0.0173. The maximum absolute atomic E-state index is 12.0. The lowest BCUT2D eigenvalue weighted by Gasteiger charge is -2.04. The number of fused-ring (bicyclic) bond motifs is 1. The van der Waals surface area contributed by atoms with Crippen LogP contribution in [0, 0.1) is 0 Å². The lowest BCUT2D eigenvalue weighted by molar-refractivity contribution is 0.0967. The summed E-state index contributed by atoms with van der Waals surface area (Å²) < 4.78 is 5.11. The van der Waals surface area contributed by atoms with Gasteiger partial charge in [0.15, 0.2) is 5.76 Å². The first kappa shape index (κ1) is 10.7. The molecular weight excluding hydrogens is 226 g/mol. The molecule has 0 aliphatic carbocycles. The van der Waals surface area contributed by atoms with Crippen molar-refractivity contribution < 1.29 is 9.21 Å². The molecule has 0 bridgehead atoms. The van der Waals surface area contributed by atoms with E-state index in [4.69, 9.17) is 4.42 Å². The average molecular weight is 237 g/mol. The number of hydrogen-bond donors (Lipinski definition) is 0. The van der Waals surface area contributed by atoms with Crippen LogP contribution in [0.25, 0.3) is 10.9 Å². The molecule has 2 aromatic heterocycles. The molecule has 3 aromatic rings. The van der Waals surface area contributed by atoms with Crippen LogP contribution in [-0.2, 0) is 6.42 Å². The maximum Gasteiger partial charge on any atom is 0.202 e. The smallest absolute Gasteiger partial charge is 0.202 e. The average Bonchev–Trinajstić information content (AvgIpc) is 2.93. The van der Waals surface area contributed by atoms with Crippen LogP contribution in [0.1, 0.15) is 16.1 Å². The predicted molar refractivity (Wildman–Crippen MR) is 68.5 cm³/mol. The van der Waals surface area contributed by atoms with Crippen LogP contribution in [0.15, 0.2) is 59.3 Å². The van der Waals surface area contributed by atoms with Gasteiger partial charge >= 0.3 is 0 Å². The molecule has 0 aliphatic rings. The van der Waals surface area contributed by atoms with Gasteiger partial charge in [0, 0.05) is 18.0 Å². The highest BCUT2D eigenvalue weighted by Gasteiger charge is 2.11. The Morgan fingerprint density at radius 2 is 2.00 bits per heavy atom. The first-order valence-corrected chi connectivity index (χ1v) is 5.74. The van der Waals surface area contributed by atoms with Crippen LogP contribution in [0.4, 0.5) is 0 Å². The van der Waals surface area contributed by atoms with Gasteiger partial charge in [0.1, 0.15) is 0 Å². The fraction of sp³-hybridized carbons (Fsp3) is 0.0667. The number of pyridine rings is 1. The number of nitrogens with zero attached hydrogens (tertiary/aromatic N) is 1. The van der Waals surface area contributed by atoms with Crippen molar-refractivity contribution in [3.05, 3.63) is 66.2 Å². The van der Waals surface area contributed by atoms with Crippen LogP contribution < -0.4 is 0 Å². The van der Waals surface area contributed by atoms with E-state index in [9.17, 15) is 4.79 Å². The van der Waals surface area contributed by atoms with Crippen LogP contribution in [-0.4, -0.2) is 10.8 Å². The third-order valence-corrected chi connectivity index (χ3v) is 2.89. The Morgan fingerprint density at radius 1 is 1.11 bits per heavy atom. The molecule has 2 heterocycles. The Hall–Kier alpha value is -2.42. The lowest BCUT2D eigenvalue weighted by Crippen LogP contribution is -2.02. The minimum atomic E-state index is -0.0173. The zero-order chi connectivity index (χ0) is 12.4. The minimum Gasteiger partial charge on any atom is -0.461 e. The second kappa shape index (κ2) is 4.45. The van der Waals surface area contributed by atoms with Crippen LogP contribution in [0.2, 0.25) is 0 Å². The van der Waals surface area contributed by atoms with Crippen molar-refractivity contribution in [3.63, 3.8) is 0 Å². The first-order valence-electron chi connectivity index (χ1n) is 5.74. The molecule has 0 radical (unpaired) electrons. The lowest BCUT2D eigenvalue weighted by atomic mass is 10.0. The summed E-state index contributed by atoms with van der Waals surface area (Å²) in [7, 11) is 0. The molecule has 3 nitrogen and oxygen atoms in total. The van der Waals surface area contributed by atoms with Crippen molar-refractivity contribution in [2.45, 2.75) is 6.42 Å². The molecule has 0 amide bonds. The summed E-state index contributed by atoms with van der Waals surface area (Å²) in [4.78, 5) is 16.3. The number of aromatic nitrogens is 1. The zero-order valence-electron chi connectivity index (χ0n) is 9.67. The van der Waals surface area contributed by atoms with E-state index < -0.39 is 0 Å². The number of furan rings is 1. The van der Waals surface area contributed by atoms with E-state index in [1.807, 2.05) is 30.3 Å². The first-order chi connectivity index (χ1) is 8.84. The largest absolute Gasteiger partial charge is 0.461 e. The van der Waals surface area contributed by atoms with Crippen molar-refractivity contribution in [2.75, 3.05) is 0 Å². The van der Waals surface area contributed by atoms with Crippen molar-refractivity contribution in [3.8, 4) is 0 Å². The van der Waals surface area contributed by atoms with Gasteiger partial charge in [-0.25, -0.2) is 0 Å². The topological polar surface area (TPSA) is 43.1 Å². The summed E-state index contributed by atoms with van der Waals surface area (Å²) >= 11 is 0. The van der Waals surface area contributed by atoms with E-state index in [0.717, 1.165) is 16.5 Å². The number of rotatable bonds is 3. The zero-order valence-corrected chi connectivity index (χ0v) is 9.67. The Kier molecular flexibility index (Phi) is 2.65. The summed E-state index contributed by atoms with van der Waals surface area (Å²) in [5.74, 6) is 0.382. The molecule has 18 heavy (non-hydrogen) atoms. The van der Waals surface area contributed by atoms with E-state index in [-0.39, 0.29) is 5.78 Å². The summed E-state index contributed by atoms with van der Waals surface area (Å²) in [6, 6.07) is 13.1. The molecule has 3 rings (SSSR count). The second-order valence-electron chi connectivity index (χ2n) is 4.06. The Labute approximate surface area is 104 Å². The van der Waals surface area contributed by atoms with E-state index in [1.165, 1.54) is 6.26 Å². The van der Waals surface area contributed by atoms with Gasteiger partial charge in [0.2, 0.25) is 5.78 Å². The highest BCUT2D eigenvalue weighted by molar-refractivity contribution is 5.97. The molecule has 3 heteroatoms. The standard InChI is InChI=1S/C15H11NO2/c17-14(15-6-3-9-18-15)10-11-7-8-16-13-5-2-1-4-12(11)13/h1-9H,10H2. The molecule has 1 aromatic carbocycles. The molecule has 0 unspecified atom stereocenters. The van der Waals surface area contributed by atoms with Crippen LogP contribution in [0.3, 0.4) is 0 Å². The number of carbonyl (C=O) groups is 1. The normalized spacial score (nSPS) is 10.7. The molecular formula is C15H11NO2. The van der Waals surface area contributed by atoms with Crippen LogP contribution >= 0.6 is 0 Å². The molecule has 0 saturated carbocycles. The van der Waals surface area contributed by atoms with Crippen LogP contribution in [0.5, 0.6) is 0 Å². The molecule has 0 fully saturated rings. The van der Waals surface area contributed by atoms with Gasteiger partial charge in [-0.05, 0) is 29.8 Å². The van der Waals surface area contributed by atoms with E-state index >= 15 is 0 Å². The van der Waals surface area contributed by atoms with Gasteiger partial charge in [0.05, 0.1) is 11.8 Å². The van der Waals surface area contributed by atoms with Gasteiger partial charge in [-0.1, -0.05) is 18.2 Å². The monoisotopic (exact) mass is 237 g/mol. The number of benzene rings is 1. The van der Waals surface area contributed by atoms with Gasteiger partial charge in [-0.3, -0.25) is 9.78 Å². The van der Waals surface area contributed by atoms with E-state index in [0.29, 0.717) is 12.2 Å². The molecule has 0 spiro atoms. The summed E-state index contributed by atoms with van der Waals surface area (Å²) in [5.41, 5.74) is 1.88. The van der Waals surface area contributed by atoms with Gasteiger partial charge < -0.3 is 4.42 Å². The second-order valence-corrected chi connectivity index (χ2v) is 4.06. The number of ketones is 1. The Balaban J connectivity index is 1.98. The molecule has 0 aliphatic heterocycles. The quantitative estimate of drug-likeness (QED) is 0.657. The molecule has 0 atom stereocenters. The highest BCUT2D eigenvalue weighted by atomic mass is 16.3. The van der Waals surface area contributed by atoms with E-state index in [1.54, 1.807) is 18.3 Å². The fourth-order valence-corrected chi connectivity index (χ4v) is 2.01. The highest BCUT2D eigenvalue weighted by Crippen LogP contribution is 2.18. The predicted octanol–water partition coefficient (Wildman–Crippen LogP) is 3.25. The number of hydrogen-bond acceptors (Lipinski definition) is 3. The maximum atomic E-state index is 12.0. The SMILES string of the molecule is O=C(Cc1ccnc2ccccc12)c1ccco1. The Bertz CT molecular complexity index is 681. The molecule has 88 valence electrons. The summed E-state index contributed by atoms with van der Waals surface area (Å²) in [5, 5.41) is 1.01. The Morgan fingerprint density at radius 3 is 2.83 bits per heavy atom. The fourth-order valence-electron chi connectivity index (χ4n) is 2.01. The number of carbonyl (C=O) groups excluding carboxylic acids is 1. The van der Waals surface area contributed by atoms with Crippen molar-refractivity contribution in [2.24, 2.45) is 0 Å². The van der Waals surface area contributed by atoms with Crippen molar-refractivity contribution in [1.82, 2.24) is 4.98 Å². The molecule has 0 saturated heterocycles. The number of para-hydroxylation sites is 1. The van der Waals surface area contributed by atoms with Gasteiger partial charge in [-0.15, -0.1) is 0 Å². The van der Waals surface area contributed by atoms with E-state index in [2.05, 4.69) is 4.98 Å². The van der Waals surface area contributed by atoms with Gasteiger partial charge in [0.25, 0.3) is 0 Å². The third-order valence-electron chi connectivity index (χ3n) is 2.89. The molecule has 0 N–H and O–H groups in total.